The molecule has 0 aromatic heterocycles. The summed E-state index contributed by atoms with van der Waals surface area (Å²) in [6, 6.07) is 7.55. The summed E-state index contributed by atoms with van der Waals surface area (Å²) in [6.07, 6.45) is 0.352. The molecule has 2 rings (SSSR count). The Kier molecular flexibility index (Phi) is 5.32. The van der Waals surface area contributed by atoms with E-state index in [1.807, 2.05) is 24.3 Å². The summed E-state index contributed by atoms with van der Waals surface area (Å²) in [7, 11) is 0. The molecule has 5 nitrogen and oxygen atoms in total. The normalized spacial score (nSPS) is 19.1. The van der Waals surface area contributed by atoms with Gasteiger partial charge < -0.3 is 20.5 Å². The average Bonchev–Trinajstić information content (AvgIpc) is 2.46. The minimum Gasteiger partial charge on any atom is -0.392 e. The van der Waals surface area contributed by atoms with E-state index < -0.39 is 0 Å². The summed E-state index contributed by atoms with van der Waals surface area (Å²) < 4.78 is 5.48. The average molecular weight is 264 g/mol. The molecular formula is C14H20N2O3. The van der Waals surface area contributed by atoms with Gasteiger partial charge in [-0.1, -0.05) is 24.3 Å². The van der Waals surface area contributed by atoms with Gasteiger partial charge in [0.15, 0.2) is 0 Å². The SMILES string of the molecule is O=C(CC1CNCCO1)NCc1cccc(CO)c1. The van der Waals surface area contributed by atoms with Crippen LogP contribution in [-0.4, -0.2) is 36.8 Å². The minimum absolute atomic E-state index is 0.0110. The van der Waals surface area contributed by atoms with E-state index in [-0.39, 0.29) is 18.6 Å². The van der Waals surface area contributed by atoms with Gasteiger partial charge >= 0.3 is 0 Å². The molecule has 1 atom stereocenters. The quantitative estimate of drug-likeness (QED) is 0.709. The van der Waals surface area contributed by atoms with Gasteiger partial charge in [-0.2, -0.15) is 0 Å². The number of carbonyl (C=O) groups excluding carboxylic acids is 1. The fourth-order valence-electron chi connectivity index (χ4n) is 2.07. The first-order valence-electron chi connectivity index (χ1n) is 6.55. The lowest BCUT2D eigenvalue weighted by atomic mass is 10.1. The van der Waals surface area contributed by atoms with Gasteiger partial charge in [-0.25, -0.2) is 0 Å². The molecule has 1 aromatic carbocycles. The smallest absolute Gasteiger partial charge is 0.222 e. The molecule has 1 aliphatic heterocycles. The van der Waals surface area contributed by atoms with E-state index in [0.717, 1.165) is 24.2 Å². The van der Waals surface area contributed by atoms with Crippen molar-refractivity contribution in [3.05, 3.63) is 35.4 Å². The number of rotatable bonds is 5. The first kappa shape index (κ1) is 14.0. The Morgan fingerprint density at radius 2 is 2.32 bits per heavy atom. The van der Waals surface area contributed by atoms with Crippen LogP contribution in [0.5, 0.6) is 0 Å². The highest BCUT2D eigenvalue weighted by Crippen LogP contribution is 2.06. The van der Waals surface area contributed by atoms with E-state index in [2.05, 4.69) is 10.6 Å². The molecule has 0 saturated carbocycles. The number of benzene rings is 1. The Balaban J connectivity index is 1.76. The summed E-state index contributed by atoms with van der Waals surface area (Å²) in [5, 5.41) is 15.1. The van der Waals surface area contributed by atoms with Crippen molar-refractivity contribution in [2.24, 2.45) is 0 Å². The fraction of sp³-hybridized carbons (Fsp3) is 0.500. The third-order valence-corrected chi connectivity index (χ3v) is 3.08. The lowest BCUT2D eigenvalue weighted by Gasteiger charge is -2.23. The number of amides is 1. The van der Waals surface area contributed by atoms with E-state index >= 15 is 0 Å². The highest BCUT2D eigenvalue weighted by atomic mass is 16.5. The molecule has 0 bridgehead atoms. The van der Waals surface area contributed by atoms with Crippen LogP contribution in [0.4, 0.5) is 0 Å². The van der Waals surface area contributed by atoms with E-state index in [0.29, 0.717) is 19.6 Å². The van der Waals surface area contributed by atoms with Crippen LogP contribution in [-0.2, 0) is 22.7 Å². The Morgan fingerprint density at radius 1 is 1.47 bits per heavy atom. The second kappa shape index (κ2) is 7.23. The van der Waals surface area contributed by atoms with Gasteiger partial charge in [-0.15, -0.1) is 0 Å². The molecule has 0 aliphatic carbocycles. The second-order valence-electron chi connectivity index (χ2n) is 4.66. The van der Waals surface area contributed by atoms with Crippen LogP contribution in [0.25, 0.3) is 0 Å². The van der Waals surface area contributed by atoms with E-state index in [4.69, 9.17) is 9.84 Å². The molecule has 5 heteroatoms. The van der Waals surface area contributed by atoms with Gasteiger partial charge in [-0.3, -0.25) is 4.79 Å². The largest absolute Gasteiger partial charge is 0.392 e. The van der Waals surface area contributed by atoms with Crippen molar-refractivity contribution in [2.45, 2.75) is 25.7 Å². The van der Waals surface area contributed by atoms with Crippen LogP contribution in [0.1, 0.15) is 17.5 Å². The molecule has 3 N–H and O–H groups in total. The molecule has 0 spiro atoms. The molecule has 104 valence electrons. The van der Waals surface area contributed by atoms with Crippen LogP contribution in [0, 0.1) is 0 Å². The zero-order chi connectivity index (χ0) is 13.5. The summed E-state index contributed by atoms with van der Waals surface area (Å²) in [5.74, 6) is -0.0110. The standard InChI is InChI=1S/C14H20N2O3/c17-10-12-3-1-2-11(6-12)8-16-14(18)7-13-9-15-4-5-19-13/h1-3,6,13,15,17H,4-5,7-10H2,(H,16,18). The molecular weight excluding hydrogens is 244 g/mol. The maximum atomic E-state index is 11.8. The Hall–Kier alpha value is -1.43. The monoisotopic (exact) mass is 264 g/mol. The van der Waals surface area contributed by atoms with Crippen molar-refractivity contribution < 1.29 is 14.6 Å². The molecule has 1 unspecified atom stereocenters. The van der Waals surface area contributed by atoms with E-state index in [9.17, 15) is 4.79 Å². The lowest BCUT2D eigenvalue weighted by Crippen LogP contribution is -2.41. The van der Waals surface area contributed by atoms with Crippen LogP contribution in [0.15, 0.2) is 24.3 Å². The zero-order valence-electron chi connectivity index (χ0n) is 10.9. The van der Waals surface area contributed by atoms with Gasteiger partial charge in [0, 0.05) is 19.6 Å². The number of morpholine rings is 1. The maximum Gasteiger partial charge on any atom is 0.222 e. The van der Waals surface area contributed by atoms with Crippen LogP contribution in [0.2, 0.25) is 0 Å². The number of carbonyl (C=O) groups is 1. The summed E-state index contributed by atoms with van der Waals surface area (Å²) in [4.78, 5) is 11.8. The Bertz CT molecular complexity index is 417. The van der Waals surface area contributed by atoms with Gasteiger partial charge in [0.2, 0.25) is 5.91 Å². The highest BCUT2D eigenvalue weighted by Gasteiger charge is 2.16. The Morgan fingerprint density at radius 3 is 3.05 bits per heavy atom. The number of hydrogen-bond acceptors (Lipinski definition) is 4. The highest BCUT2D eigenvalue weighted by molar-refractivity contribution is 5.76. The third kappa shape index (κ3) is 4.63. The van der Waals surface area contributed by atoms with Crippen molar-refractivity contribution in [3.63, 3.8) is 0 Å². The van der Waals surface area contributed by atoms with Crippen molar-refractivity contribution in [1.29, 1.82) is 0 Å². The van der Waals surface area contributed by atoms with Crippen LogP contribution < -0.4 is 10.6 Å². The molecule has 1 fully saturated rings. The molecule has 1 saturated heterocycles. The molecule has 1 aromatic rings. The van der Waals surface area contributed by atoms with Gasteiger partial charge in [0.1, 0.15) is 0 Å². The number of nitrogens with one attached hydrogen (secondary N) is 2. The number of aliphatic hydroxyl groups excluding tert-OH is 1. The van der Waals surface area contributed by atoms with Crippen molar-refractivity contribution in [3.8, 4) is 0 Å². The van der Waals surface area contributed by atoms with Gasteiger partial charge in [0.25, 0.3) is 0 Å². The first-order chi connectivity index (χ1) is 9.28. The predicted octanol–water partition coefficient (Wildman–Crippen LogP) is 0.174. The van der Waals surface area contributed by atoms with E-state index in [1.54, 1.807) is 0 Å². The molecule has 0 radical (unpaired) electrons. The third-order valence-electron chi connectivity index (χ3n) is 3.08. The minimum atomic E-state index is -0.0301. The topological polar surface area (TPSA) is 70.6 Å². The van der Waals surface area contributed by atoms with Gasteiger partial charge in [-0.05, 0) is 11.1 Å². The molecule has 1 amide bonds. The van der Waals surface area contributed by atoms with Crippen LogP contribution >= 0.6 is 0 Å². The second-order valence-corrected chi connectivity index (χ2v) is 4.66. The molecule has 1 heterocycles. The molecule has 1 aliphatic rings. The number of aliphatic hydroxyl groups is 1. The summed E-state index contributed by atoms with van der Waals surface area (Å²) in [5.41, 5.74) is 1.84. The summed E-state index contributed by atoms with van der Waals surface area (Å²) >= 11 is 0. The van der Waals surface area contributed by atoms with Crippen LogP contribution in [0.3, 0.4) is 0 Å². The fourth-order valence-corrected chi connectivity index (χ4v) is 2.07. The van der Waals surface area contributed by atoms with Crippen molar-refractivity contribution in [1.82, 2.24) is 10.6 Å². The zero-order valence-corrected chi connectivity index (χ0v) is 10.9. The predicted molar refractivity (Wildman–Crippen MR) is 71.4 cm³/mol. The van der Waals surface area contributed by atoms with Crippen molar-refractivity contribution >= 4 is 5.91 Å². The summed E-state index contributed by atoms with van der Waals surface area (Å²) in [6.45, 7) is 2.74. The number of ether oxygens (including phenoxy) is 1. The Labute approximate surface area is 113 Å². The van der Waals surface area contributed by atoms with E-state index in [1.165, 1.54) is 0 Å². The van der Waals surface area contributed by atoms with Crippen molar-refractivity contribution in [2.75, 3.05) is 19.7 Å². The first-order valence-corrected chi connectivity index (χ1v) is 6.55. The molecule has 19 heavy (non-hydrogen) atoms. The maximum absolute atomic E-state index is 11.8. The lowest BCUT2D eigenvalue weighted by molar-refractivity contribution is -0.124. The number of hydrogen-bond donors (Lipinski definition) is 3. The van der Waals surface area contributed by atoms with Gasteiger partial charge in [0.05, 0.1) is 25.7 Å².